The summed E-state index contributed by atoms with van der Waals surface area (Å²) in [7, 11) is 1.58. The normalized spacial score (nSPS) is 16.0. The predicted octanol–water partition coefficient (Wildman–Crippen LogP) is 4.67. The summed E-state index contributed by atoms with van der Waals surface area (Å²) in [4.78, 5) is 18.7. The van der Waals surface area contributed by atoms with Crippen LogP contribution in [0.5, 0.6) is 5.75 Å². The van der Waals surface area contributed by atoms with E-state index in [4.69, 9.17) is 4.74 Å². The van der Waals surface area contributed by atoms with Crippen LogP contribution in [0.15, 0.2) is 55.1 Å². The summed E-state index contributed by atoms with van der Waals surface area (Å²) in [6.45, 7) is 0.294. The molecule has 4 aromatic rings. The number of rotatable bonds is 5. The second-order valence-corrected chi connectivity index (χ2v) is 8.78. The summed E-state index contributed by atoms with van der Waals surface area (Å²) in [5.74, 6) is -0.671. The fourth-order valence-electron chi connectivity index (χ4n) is 4.38. The molecule has 2 aromatic heterocycles. The number of imidazole rings is 1. The van der Waals surface area contributed by atoms with Crippen molar-refractivity contribution in [3.63, 3.8) is 0 Å². The lowest BCUT2D eigenvalue weighted by Crippen LogP contribution is -2.33. The van der Waals surface area contributed by atoms with Gasteiger partial charge in [0.15, 0.2) is 6.61 Å². The highest BCUT2D eigenvalue weighted by Crippen LogP contribution is 2.34. The molecule has 0 fully saturated rings. The first kappa shape index (κ1) is 24.5. The molecule has 0 aliphatic carbocycles. The summed E-state index contributed by atoms with van der Waals surface area (Å²) in [5.41, 5.74) is 2.82. The molecule has 0 bridgehead atoms. The molecular weight excluding hydrogens is 492 g/mol. The molecule has 0 saturated heterocycles. The van der Waals surface area contributed by atoms with Gasteiger partial charge in [0.2, 0.25) is 0 Å². The van der Waals surface area contributed by atoms with Crippen LogP contribution in [0.25, 0.3) is 16.9 Å². The first-order chi connectivity index (χ1) is 17.6. The van der Waals surface area contributed by atoms with Gasteiger partial charge in [0.1, 0.15) is 23.3 Å². The molecule has 12 heteroatoms. The average Bonchev–Trinajstić information content (AvgIpc) is 3.49. The third-order valence-electron chi connectivity index (χ3n) is 6.21. The van der Waals surface area contributed by atoms with Crippen LogP contribution in [0.4, 0.5) is 23.2 Å². The van der Waals surface area contributed by atoms with Crippen molar-refractivity contribution in [1.29, 1.82) is 0 Å². The summed E-state index contributed by atoms with van der Waals surface area (Å²) in [6, 6.07) is 8.59. The van der Waals surface area contributed by atoms with Gasteiger partial charge in [0, 0.05) is 30.1 Å². The minimum absolute atomic E-state index is 0.0158. The summed E-state index contributed by atoms with van der Waals surface area (Å²) in [6.07, 6.45) is 0.804. The van der Waals surface area contributed by atoms with Crippen LogP contribution >= 0.6 is 0 Å². The van der Waals surface area contributed by atoms with E-state index < -0.39 is 18.8 Å². The zero-order valence-corrected chi connectivity index (χ0v) is 19.9. The van der Waals surface area contributed by atoms with Crippen LogP contribution in [-0.4, -0.2) is 50.3 Å². The highest BCUT2D eigenvalue weighted by Gasteiger charge is 2.32. The molecule has 0 spiro atoms. The summed E-state index contributed by atoms with van der Waals surface area (Å²) < 4.78 is 61.2. The molecule has 192 valence electrons. The molecule has 0 radical (unpaired) electrons. The lowest BCUT2D eigenvalue weighted by atomic mass is 10.1. The Morgan fingerprint density at radius 2 is 1.95 bits per heavy atom. The predicted molar refractivity (Wildman–Crippen MR) is 126 cm³/mol. The van der Waals surface area contributed by atoms with E-state index in [-0.39, 0.29) is 17.5 Å². The van der Waals surface area contributed by atoms with Crippen molar-refractivity contribution in [2.75, 3.05) is 18.6 Å². The quantitative estimate of drug-likeness (QED) is 0.362. The Morgan fingerprint density at radius 1 is 1.14 bits per heavy atom. The molecule has 0 unspecified atom stereocenters. The van der Waals surface area contributed by atoms with Crippen molar-refractivity contribution in [2.45, 2.75) is 32.0 Å². The van der Waals surface area contributed by atoms with Crippen LogP contribution in [0.3, 0.4) is 0 Å². The number of halogens is 4. The van der Waals surface area contributed by atoms with Gasteiger partial charge < -0.3 is 14.2 Å². The van der Waals surface area contributed by atoms with Gasteiger partial charge in [-0.15, -0.1) is 5.10 Å². The Hall–Kier alpha value is -4.22. The molecule has 1 atom stereocenters. The van der Waals surface area contributed by atoms with Crippen LogP contribution < -0.4 is 9.64 Å². The number of alkyl halides is 3. The minimum Gasteiger partial charge on any atom is -0.482 e. The van der Waals surface area contributed by atoms with E-state index in [9.17, 15) is 22.4 Å². The number of carbonyl (C=O) groups excluding carboxylic acids is 1. The molecule has 0 saturated carbocycles. The monoisotopic (exact) mass is 514 g/mol. The number of fused-ring (bicyclic) bond motifs is 1. The van der Waals surface area contributed by atoms with Crippen molar-refractivity contribution >= 4 is 11.6 Å². The zero-order chi connectivity index (χ0) is 26.3. The molecule has 0 N–H and O–H groups in total. The van der Waals surface area contributed by atoms with E-state index in [1.165, 1.54) is 28.0 Å². The number of aromatic nitrogens is 5. The van der Waals surface area contributed by atoms with Gasteiger partial charge in [-0.2, -0.15) is 13.2 Å². The second kappa shape index (κ2) is 9.34. The highest BCUT2D eigenvalue weighted by molar-refractivity contribution is 5.97. The first-order valence-electron chi connectivity index (χ1n) is 11.4. The lowest BCUT2D eigenvalue weighted by molar-refractivity contribution is -0.153. The number of nitrogens with zero attached hydrogens (tertiary/aromatic N) is 6. The number of anilines is 1. The minimum atomic E-state index is -4.52. The van der Waals surface area contributed by atoms with E-state index in [0.717, 1.165) is 0 Å². The van der Waals surface area contributed by atoms with Gasteiger partial charge in [0.05, 0.1) is 23.9 Å². The SMILES string of the molecule is Cc1cn(-c2ccc(-c3cn([C@@H]4CCc5c(F)cccc5N(C)C4=O)nn3)cc2OCC(F)(F)F)cn1. The van der Waals surface area contributed by atoms with Gasteiger partial charge in [-0.25, -0.2) is 14.1 Å². The zero-order valence-electron chi connectivity index (χ0n) is 19.9. The molecule has 1 amide bonds. The fraction of sp³-hybridized carbons (Fsp3) is 0.280. The van der Waals surface area contributed by atoms with Gasteiger partial charge in [-0.05, 0) is 44.0 Å². The Labute approximate surface area is 209 Å². The highest BCUT2D eigenvalue weighted by atomic mass is 19.4. The largest absolute Gasteiger partial charge is 0.482 e. The van der Waals surface area contributed by atoms with Crippen molar-refractivity contribution in [1.82, 2.24) is 24.5 Å². The molecule has 37 heavy (non-hydrogen) atoms. The number of amides is 1. The van der Waals surface area contributed by atoms with E-state index in [1.54, 1.807) is 55.2 Å². The third-order valence-corrected chi connectivity index (χ3v) is 6.21. The smallest absolute Gasteiger partial charge is 0.422 e. The maximum Gasteiger partial charge on any atom is 0.422 e. The number of carbonyl (C=O) groups is 1. The molecule has 2 aromatic carbocycles. The first-order valence-corrected chi connectivity index (χ1v) is 11.4. The van der Waals surface area contributed by atoms with Crippen LogP contribution in [0.1, 0.15) is 23.7 Å². The van der Waals surface area contributed by atoms with Crippen molar-refractivity contribution in [2.24, 2.45) is 0 Å². The Bertz CT molecular complexity index is 1460. The van der Waals surface area contributed by atoms with Crippen LogP contribution in [0, 0.1) is 12.7 Å². The van der Waals surface area contributed by atoms with E-state index in [1.807, 2.05) is 0 Å². The summed E-state index contributed by atoms with van der Waals surface area (Å²) >= 11 is 0. The van der Waals surface area contributed by atoms with E-state index in [0.29, 0.717) is 46.7 Å². The van der Waals surface area contributed by atoms with E-state index >= 15 is 0 Å². The molecule has 1 aliphatic heterocycles. The maximum atomic E-state index is 14.4. The number of benzene rings is 2. The standard InChI is InChI=1S/C25H22F4N6O2/c1-15-11-34(14-30-15)21-8-6-16(10-23(21)37-13-25(27,28)29)19-12-35(32-31-19)22-9-7-17-18(26)4-3-5-20(17)33(2)24(22)36/h3-6,8,10-12,14,22H,7,9,13H2,1-2H3/t22-/m1/s1. The van der Waals surface area contributed by atoms with Gasteiger partial charge >= 0.3 is 6.18 Å². The number of hydrogen-bond donors (Lipinski definition) is 0. The molecule has 3 heterocycles. The number of ether oxygens (including phenoxy) is 1. The van der Waals surface area contributed by atoms with Gasteiger partial charge in [0.25, 0.3) is 5.91 Å². The number of likely N-dealkylation sites (N-methyl/N-ethyl adjacent to an activating group) is 1. The van der Waals surface area contributed by atoms with Crippen LogP contribution in [-0.2, 0) is 11.2 Å². The number of hydrogen-bond acceptors (Lipinski definition) is 5. The number of aryl methyl sites for hydroxylation is 1. The Kier molecular flexibility index (Phi) is 6.18. The maximum absolute atomic E-state index is 14.4. The molecule has 1 aliphatic rings. The summed E-state index contributed by atoms with van der Waals surface area (Å²) in [5, 5.41) is 8.26. The third kappa shape index (κ3) is 4.91. The Balaban J connectivity index is 1.46. The average molecular weight is 514 g/mol. The Morgan fingerprint density at radius 3 is 2.68 bits per heavy atom. The molecule has 8 nitrogen and oxygen atoms in total. The molecule has 5 rings (SSSR count). The van der Waals surface area contributed by atoms with Gasteiger partial charge in [-0.3, -0.25) is 4.79 Å². The molecular formula is C25H22F4N6O2. The fourth-order valence-corrected chi connectivity index (χ4v) is 4.38. The van der Waals surface area contributed by atoms with Crippen molar-refractivity contribution in [3.05, 3.63) is 72.2 Å². The van der Waals surface area contributed by atoms with Gasteiger partial charge in [-0.1, -0.05) is 17.3 Å². The lowest BCUT2D eigenvalue weighted by Gasteiger charge is -2.21. The van der Waals surface area contributed by atoms with Crippen molar-refractivity contribution in [3.8, 4) is 22.7 Å². The van der Waals surface area contributed by atoms with E-state index in [2.05, 4.69) is 15.3 Å². The second-order valence-electron chi connectivity index (χ2n) is 8.78. The topological polar surface area (TPSA) is 78.1 Å². The van der Waals surface area contributed by atoms with Crippen LogP contribution in [0.2, 0.25) is 0 Å². The van der Waals surface area contributed by atoms with Crippen molar-refractivity contribution < 1.29 is 27.1 Å².